The van der Waals surface area contributed by atoms with Crippen molar-refractivity contribution in [2.45, 2.75) is 259 Å². The van der Waals surface area contributed by atoms with Crippen LogP contribution in [-0.2, 0) is 25.8 Å². The molecule has 4 nitrogen and oxygen atoms in total. The van der Waals surface area contributed by atoms with Crippen LogP contribution in [-0.4, -0.2) is 60.7 Å². The van der Waals surface area contributed by atoms with E-state index in [1.165, 1.54) is 212 Å². The van der Waals surface area contributed by atoms with E-state index in [0.717, 1.165) is 51.2 Å². The average molecular weight is 923 g/mol. The maximum Gasteiger partial charge on any atom is 0.0540 e. The summed E-state index contributed by atoms with van der Waals surface area (Å²) in [4.78, 5) is 2.67. The number of nitrogens with zero attached hydrogens (tertiary/aromatic N) is 1. The monoisotopic (exact) mass is 923 g/mol. The molecule has 0 fully saturated rings. The maximum atomic E-state index is 9.75. The molecule has 0 amide bonds. The molecule has 2 atom stereocenters. The Labute approximate surface area is 350 Å². The van der Waals surface area contributed by atoms with E-state index in [0.29, 0.717) is 6.61 Å². The Balaban J connectivity index is -0.00000123. The smallest absolute Gasteiger partial charge is 0.0540 e. The van der Waals surface area contributed by atoms with Gasteiger partial charge in [-0.05, 0) is 89.8 Å². The van der Waals surface area contributed by atoms with Crippen LogP contribution in [0.3, 0.4) is 0 Å². The Morgan fingerprint density at radius 2 is 0.811 bits per heavy atom. The predicted octanol–water partition coefficient (Wildman–Crippen LogP) is 14.8. The zero-order valence-electron chi connectivity index (χ0n) is 37.0. The fourth-order valence-corrected chi connectivity index (χ4v) is 7.29. The van der Waals surface area contributed by atoms with Gasteiger partial charge in [-0.3, -0.25) is 0 Å². The summed E-state index contributed by atoms with van der Waals surface area (Å²) >= 11 is 0. The molecule has 5 heteroatoms. The normalized spacial score (nSPS) is 12.5. The molecule has 0 saturated heterocycles. The Kier molecular flexibility index (Phi) is 57.3. The van der Waals surface area contributed by atoms with Crippen molar-refractivity contribution in [1.82, 2.24) is 4.90 Å². The first-order valence-corrected chi connectivity index (χ1v) is 24.0. The van der Waals surface area contributed by atoms with Crippen LogP contribution in [0, 0.1) is 12.8 Å². The minimum atomic E-state index is -0.0250. The van der Waals surface area contributed by atoms with E-state index < -0.39 is 0 Å². The number of hydrogen-bond donors (Lipinski definition) is 2. The molecular weight excluding hydrogens is 822 g/mol. The van der Waals surface area contributed by atoms with Gasteiger partial charge in [-0.15, -0.1) is 0 Å². The fraction of sp³-hybridized carbons (Fsp3) is 0.979. The molecule has 0 aliphatic carbocycles. The average Bonchev–Trinajstić information content (AvgIpc) is 3.15. The topological polar surface area (TPSA) is 52.9 Å². The van der Waals surface area contributed by atoms with Crippen LogP contribution < -0.4 is 0 Å². The van der Waals surface area contributed by atoms with Gasteiger partial charge in [0.05, 0.1) is 6.10 Å². The van der Waals surface area contributed by atoms with Crippen molar-refractivity contribution in [3.8, 4) is 0 Å². The Morgan fingerprint density at radius 1 is 0.453 bits per heavy atom. The number of ether oxygens (including phenoxy) is 1. The molecule has 0 aromatic carbocycles. The quantitative estimate of drug-likeness (QED) is 0.0473. The standard InChI is InChI=1S/C33H68NO2.C15H32O.W/c1-4-7-10-13-14-19-26-33(25-18-11-8-5-2)32-36-31-24-16-15-21-28-34(27-20-12-9-6-3)29-22-17-23-30-35;1-3-5-7-9-10-12-14-15(16)13-11-8-6-4-2;/h33,35H,3-32H2,1-2H3;15-16H,3-14H2,1-2H3;/q-1;;. The Bertz CT molecular complexity index is 597. The molecule has 0 bridgehead atoms. The van der Waals surface area contributed by atoms with Crippen molar-refractivity contribution in [2.75, 3.05) is 39.5 Å². The van der Waals surface area contributed by atoms with E-state index in [-0.39, 0.29) is 27.2 Å². The summed E-state index contributed by atoms with van der Waals surface area (Å²) in [6, 6.07) is 0. The van der Waals surface area contributed by atoms with Crippen molar-refractivity contribution in [3.05, 3.63) is 6.92 Å². The van der Waals surface area contributed by atoms with Gasteiger partial charge in [-0.25, -0.2) is 0 Å². The summed E-state index contributed by atoms with van der Waals surface area (Å²) in [5.74, 6) is 0.788. The second-order valence-corrected chi connectivity index (χ2v) is 16.4. The zero-order chi connectivity index (χ0) is 38.4. The summed E-state index contributed by atoms with van der Waals surface area (Å²) in [5.41, 5.74) is 0. The molecule has 0 aromatic heterocycles. The first kappa shape index (κ1) is 57.8. The van der Waals surface area contributed by atoms with Gasteiger partial charge in [0.2, 0.25) is 0 Å². The predicted molar refractivity (Wildman–Crippen MR) is 233 cm³/mol. The zero-order valence-corrected chi connectivity index (χ0v) is 39.9. The molecule has 2 N–H and O–H groups in total. The van der Waals surface area contributed by atoms with Crippen LogP contribution in [0.5, 0.6) is 0 Å². The summed E-state index contributed by atoms with van der Waals surface area (Å²) in [6.45, 7) is 19.0. The van der Waals surface area contributed by atoms with Crippen molar-refractivity contribution >= 4 is 0 Å². The van der Waals surface area contributed by atoms with Crippen LogP contribution in [0.15, 0.2) is 0 Å². The number of unbranched alkanes of at least 4 members (excludes halogenated alkanes) is 24. The SMILES string of the molecule is CCCCCCCCC(O)CCCCCC.[CH2-]CCCCCN(CCCCCO)CCCCCCOCC(CCCCCC)CCCCCCCC.[W]. The van der Waals surface area contributed by atoms with Crippen LogP contribution >= 0.6 is 0 Å². The number of hydrogen-bond acceptors (Lipinski definition) is 4. The van der Waals surface area contributed by atoms with Crippen molar-refractivity contribution in [2.24, 2.45) is 5.92 Å². The van der Waals surface area contributed by atoms with E-state index in [9.17, 15) is 5.11 Å². The van der Waals surface area contributed by atoms with Crippen LogP contribution in [0.4, 0.5) is 0 Å². The van der Waals surface area contributed by atoms with E-state index in [4.69, 9.17) is 9.84 Å². The van der Waals surface area contributed by atoms with Gasteiger partial charge in [0.15, 0.2) is 0 Å². The summed E-state index contributed by atoms with van der Waals surface area (Å²) in [7, 11) is 0. The summed E-state index contributed by atoms with van der Waals surface area (Å²) < 4.78 is 6.19. The molecular formula is C48H100NO3W-. The third-order valence-electron chi connectivity index (χ3n) is 10.9. The van der Waals surface area contributed by atoms with Gasteiger partial charge in [-0.2, -0.15) is 6.42 Å². The largest absolute Gasteiger partial charge is 0.396 e. The minimum Gasteiger partial charge on any atom is -0.396 e. The summed E-state index contributed by atoms with van der Waals surface area (Å²) in [5, 5.41) is 18.8. The fourth-order valence-electron chi connectivity index (χ4n) is 7.29. The Morgan fingerprint density at radius 3 is 1.26 bits per heavy atom. The van der Waals surface area contributed by atoms with Crippen molar-refractivity contribution < 1.29 is 36.0 Å². The second-order valence-electron chi connectivity index (χ2n) is 16.4. The van der Waals surface area contributed by atoms with E-state index in [2.05, 4.69) is 39.5 Å². The van der Waals surface area contributed by atoms with Crippen LogP contribution in [0.2, 0.25) is 0 Å². The molecule has 0 saturated carbocycles. The van der Waals surface area contributed by atoms with Gasteiger partial charge in [-0.1, -0.05) is 182 Å². The second kappa shape index (κ2) is 52.5. The molecule has 0 heterocycles. The van der Waals surface area contributed by atoms with E-state index >= 15 is 0 Å². The van der Waals surface area contributed by atoms with Crippen molar-refractivity contribution in [1.29, 1.82) is 0 Å². The first-order valence-electron chi connectivity index (χ1n) is 24.0. The molecule has 0 radical (unpaired) electrons. The number of rotatable bonds is 43. The summed E-state index contributed by atoms with van der Waals surface area (Å²) in [6.07, 6.45) is 45.2. The number of aliphatic hydroxyl groups is 2. The molecule has 0 aliphatic rings. The molecule has 0 aliphatic heterocycles. The van der Waals surface area contributed by atoms with Gasteiger partial charge in [0.1, 0.15) is 0 Å². The van der Waals surface area contributed by atoms with Crippen molar-refractivity contribution in [3.63, 3.8) is 0 Å². The van der Waals surface area contributed by atoms with E-state index in [1.54, 1.807) is 0 Å². The number of aliphatic hydroxyl groups excluding tert-OH is 2. The van der Waals surface area contributed by atoms with Gasteiger partial charge >= 0.3 is 0 Å². The van der Waals surface area contributed by atoms with Crippen LogP contribution in [0.25, 0.3) is 0 Å². The van der Waals surface area contributed by atoms with Gasteiger partial charge in [0.25, 0.3) is 0 Å². The molecule has 322 valence electrons. The maximum absolute atomic E-state index is 9.75. The third kappa shape index (κ3) is 50.5. The molecule has 0 spiro atoms. The van der Waals surface area contributed by atoms with Crippen LogP contribution in [0.1, 0.15) is 252 Å². The third-order valence-corrected chi connectivity index (χ3v) is 10.9. The minimum absolute atomic E-state index is 0. The first-order chi connectivity index (χ1) is 25.6. The van der Waals surface area contributed by atoms with E-state index in [1.807, 2.05) is 0 Å². The Hall–Kier alpha value is 0.528. The van der Waals surface area contributed by atoms with Gasteiger partial charge in [0, 0.05) is 40.9 Å². The molecule has 2 unspecified atom stereocenters. The van der Waals surface area contributed by atoms with Gasteiger partial charge < -0.3 is 26.8 Å². The molecule has 53 heavy (non-hydrogen) atoms. The molecule has 0 aromatic rings. The molecule has 0 rings (SSSR count).